The van der Waals surface area contributed by atoms with Crippen molar-refractivity contribution in [2.24, 2.45) is 0 Å². The van der Waals surface area contributed by atoms with E-state index >= 15 is 0 Å². The van der Waals surface area contributed by atoms with Crippen molar-refractivity contribution in [2.75, 3.05) is 24.5 Å². The van der Waals surface area contributed by atoms with Gasteiger partial charge in [-0.15, -0.1) is 11.3 Å². The molecule has 1 saturated heterocycles. The van der Waals surface area contributed by atoms with Gasteiger partial charge in [0.1, 0.15) is 21.7 Å². The standard InChI is InChI=1S/C21H24FN3O3S/c1-21(2,3)28-20(27)25-11-9-16-17(19(25)26)29-18(23-16)13-4-6-15(7-5-13)24-10-8-14(22)12-24/h4-7,14H,8-12H2,1-3H3/t14-/m0/s1. The zero-order valence-corrected chi connectivity index (χ0v) is 17.6. The molecule has 0 aliphatic carbocycles. The van der Waals surface area contributed by atoms with Gasteiger partial charge in [0.05, 0.1) is 5.69 Å². The first kappa shape index (κ1) is 19.8. The maximum atomic E-state index is 13.4. The van der Waals surface area contributed by atoms with E-state index in [1.165, 1.54) is 11.3 Å². The van der Waals surface area contributed by atoms with Crippen LogP contribution in [0.3, 0.4) is 0 Å². The first-order valence-corrected chi connectivity index (χ1v) is 10.6. The number of thiazole rings is 1. The second kappa shape index (κ2) is 7.40. The zero-order valence-electron chi connectivity index (χ0n) is 16.8. The summed E-state index contributed by atoms with van der Waals surface area (Å²) in [5, 5.41) is 0.741. The Bertz CT molecular complexity index is 936. The molecule has 3 heterocycles. The minimum atomic E-state index is -0.765. The highest BCUT2D eigenvalue weighted by atomic mass is 32.1. The molecule has 8 heteroatoms. The summed E-state index contributed by atoms with van der Waals surface area (Å²) in [6.45, 7) is 6.74. The van der Waals surface area contributed by atoms with Crippen LogP contribution in [0, 0.1) is 0 Å². The van der Waals surface area contributed by atoms with Crippen LogP contribution in [0.1, 0.15) is 42.6 Å². The molecular weight excluding hydrogens is 393 g/mol. The van der Waals surface area contributed by atoms with E-state index in [0.717, 1.165) is 33.4 Å². The summed E-state index contributed by atoms with van der Waals surface area (Å²) in [6.07, 6.45) is -0.304. The third-order valence-corrected chi connectivity index (χ3v) is 6.07. The van der Waals surface area contributed by atoms with E-state index in [2.05, 4.69) is 4.98 Å². The highest BCUT2D eigenvalue weighted by Crippen LogP contribution is 2.33. The summed E-state index contributed by atoms with van der Waals surface area (Å²) in [7, 11) is 0. The first-order chi connectivity index (χ1) is 13.7. The summed E-state index contributed by atoms with van der Waals surface area (Å²) >= 11 is 1.29. The van der Waals surface area contributed by atoms with Crippen molar-refractivity contribution in [1.82, 2.24) is 9.88 Å². The fourth-order valence-electron chi connectivity index (χ4n) is 3.51. The number of aromatic nitrogens is 1. The number of imide groups is 1. The number of amides is 2. The number of rotatable bonds is 2. The van der Waals surface area contributed by atoms with Crippen LogP contribution < -0.4 is 4.90 Å². The molecule has 0 bridgehead atoms. The van der Waals surface area contributed by atoms with Gasteiger partial charge >= 0.3 is 6.09 Å². The van der Waals surface area contributed by atoms with Crippen molar-refractivity contribution in [3.8, 4) is 10.6 Å². The molecule has 2 amide bonds. The smallest absolute Gasteiger partial charge is 0.417 e. The lowest BCUT2D eigenvalue weighted by molar-refractivity contribution is 0.0235. The van der Waals surface area contributed by atoms with Gasteiger partial charge in [0.15, 0.2) is 0 Å². The fraction of sp³-hybridized carbons (Fsp3) is 0.476. The molecule has 0 saturated carbocycles. The Morgan fingerprint density at radius 1 is 1.24 bits per heavy atom. The van der Waals surface area contributed by atoms with Gasteiger partial charge in [0, 0.05) is 37.3 Å². The van der Waals surface area contributed by atoms with Crippen LogP contribution in [0.15, 0.2) is 24.3 Å². The van der Waals surface area contributed by atoms with Gasteiger partial charge in [-0.3, -0.25) is 4.79 Å². The number of hydrogen-bond acceptors (Lipinski definition) is 6. The lowest BCUT2D eigenvalue weighted by atomic mass is 10.1. The van der Waals surface area contributed by atoms with E-state index in [1.807, 2.05) is 29.2 Å². The molecule has 4 rings (SSSR count). The number of ether oxygens (including phenoxy) is 1. The van der Waals surface area contributed by atoms with E-state index in [0.29, 0.717) is 24.3 Å². The second-order valence-corrected chi connectivity index (χ2v) is 9.36. The predicted molar refractivity (Wildman–Crippen MR) is 110 cm³/mol. The maximum Gasteiger partial charge on any atom is 0.417 e. The number of alkyl halides is 1. The van der Waals surface area contributed by atoms with Crippen molar-refractivity contribution in [1.29, 1.82) is 0 Å². The lowest BCUT2D eigenvalue weighted by Crippen LogP contribution is -2.44. The average Bonchev–Trinajstić information content (AvgIpc) is 3.27. The molecule has 2 aromatic rings. The summed E-state index contributed by atoms with van der Waals surface area (Å²) in [4.78, 5) is 33.4. The molecule has 2 aliphatic rings. The summed E-state index contributed by atoms with van der Waals surface area (Å²) < 4.78 is 18.8. The summed E-state index contributed by atoms with van der Waals surface area (Å²) in [5.41, 5.74) is 1.96. The number of benzene rings is 1. The topological polar surface area (TPSA) is 62.7 Å². The first-order valence-electron chi connectivity index (χ1n) is 9.75. The van der Waals surface area contributed by atoms with Crippen molar-refractivity contribution < 1.29 is 18.7 Å². The molecule has 154 valence electrons. The largest absolute Gasteiger partial charge is 0.443 e. The van der Waals surface area contributed by atoms with E-state index in [9.17, 15) is 14.0 Å². The van der Waals surface area contributed by atoms with E-state index in [4.69, 9.17) is 4.74 Å². The van der Waals surface area contributed by atoms with Crippen LogP contribution in [0.25, 0.3) is 10.6 Å². The molecule has 29 heavy (non-hydrogen) atoms. The Morgan fingerprint density at radius 2 is 1.97 bits per heavy atom. The van der Waals surface area contributed by atoms with Gasteiger partial charge in [0.25, 0.3) is 5.91 Å². The Labute approximate surface area is 173 Å². The monoisotopic (exact) mass is 417 g/mol. The average molecular weight is 418 g/mol. The minimum Gasteiger partial charge on any atom is -0.443 e. The number of fused-ring (bicyclic) bond motifs is 1. The third-order valence-electron chi connectivity index (χ3n) is 4.93. The summed E-state index contributed by atoms with van der Waals surface area (Å²) in [6, 6.07) is 7.81. The Morgan fingerprint density at radius 3 is 2.59 bits per heavy atom. The minimum absolute atomic E-state index is 0.266. The van der Waals surface area contributed by atoms with Crippen molar-refractivity contribution >= 4 is 29.0 Å². The number of carbonyl (C=O) groups is 2. The van der Waals surface area contributed by atoms with Gasteiger partial charge in [-0.05, 0) is 51.5 Å². The van der Waals surface area contributed by atoms with E-state index in [-0.39, 0.29) is 12.5 Å². The molecule has 1 atom stereocenters. The third kappa shape index (κ3) is 4.12. The highest BCUT2D eigenvalue weighted by Gasteiger charge is 2.35. The Hall–Kier alpha value is -2.48. The molecule has 0 N–H and O–H groups in total. The van der Waals surface area contributed by atoms with Crippen LogP contribution in [0.5, 0.6) is 0 Å². The number of halogens is 1. The van der Waals surface area contributed by atoms with Gasteiger partial charge in [0.2, 0.25) is 0 Å². The number of hydrogen-bond donors (Lipinski definition) is 0. The Balaban J connectivity index is 1.52. The lowest BCUT2D eigenvalue weighted by Gasteiger charge is -2.27. The molecule has 0 radical (unpaired) electrons. The molecule has 2 aliphatic heterocycles. The van der Waals surface area contributed by atoms with Gasteiger partial charge < -0.3 is 9.64 Å². The van der Waals surface area contributed by atoms with E-state index < -0.39 is 17.9 Å². The molecule has 1 aromatic carbocycles. The number of anilines is 1. The van der Waals surface area contributed by atoms with Crippen LogP contribution in [-0.2, 0) is 11.2 Å². The molecule has 1 fully saturated rings. The van der Waals surface area contributed by atoms with Crippen LogP contribution in [0.2, 0.25) is 0 Å². The van der Waals surface area contributed by atoms with Crippen LogP contribution in [0.4, 0.5) is 14.9 Å². The SMILES string of the molecule is CC(C)(C)OC(=O)N1CCc2nc(-c3ccc(N4CC[C@H](F)C4)cc3)sc2C1=O. The number of carbonyl (C=O) groups excluding carboxylic acids is 2. The predicted octanol–water partition coefficient (Wildman–Crippen LogP) is 4.29. The van der Waals surface area contributed by atoms with Crippen molar-refractivity contribution in [3.05, 3.63) is 34.8 Å². The van der Waals surface area contributed by atoms with Crippen molar-refractivity contribution in [3.63, 3.8) is 0 Å². The zero-order chi connectivity index (χ0) is 20.8. The molecular formula is C21H24FN3O3S. The van der Waals surface area contributed by atoms with Gasteiger partial charge in [-0.25, -0.2) is 19.1 Å². The van der Waals surface area contributed by atoms with Crippen LogP contribution in [-0.4, -0.2) is 53.3 Å². The normalized spacial score (nSPS) is 19.4. The van der Waals surface area contributed by atoms with Crippen molar-refractivity contribution in [2.45, 2.75) is 45.4 Å². The summed E-state index contributed by atoms with van der Waals surface area (Å²) in [5.74, 6) is -0.355. The maximum absolute atomic E-state index is 13.4. The highest BCUT2D eigenvalue weighted by molar-refractivity contribution is 7.17. The Kier molecular flexibility index (Phi) is 5.06. The quantitative estimate of drug-likeness (QED) is 0.729. The van der Waals surface area contributed by atoms with Crippen LogP contribution >= 0.6 is 11.3 Å². The molecule has 6 nitrogen and oxygen atoms in total. The second-order valence-electron chi connectivity index (χ2n) is 8.36. The van der Waals surface area contributed by atoms with Gasteiger partial charge in [-0.1, -0.05) is 0 Å². The molecule has 0 unspecified atom stereocenters. The fourth-order valence-corrected chi connectivity index (χ4v) is 4.58. The number of nitrogens with zero attached hydrogens (tertiary/aromatic N) is 3. The molecule has 1 aromatic heterocycles. The molecule has 0 spiro atoms. The van der Waals surface area contributed by atoms with E-state index in [1.54, 1.807) is 20.8 Å². The van der Waals surface area contributed by atoms with Gasteiger partial charge in [-0.2, -0.15) is 0 Å².